The van der Waals surface area contributed by atoms with E-state index in [4.69, 9.17) is 10.5 Å². The van der Waals surface area contributed by atoms with Crippen LogP contribution in [0.1, 0.15) is 25.0 Å². The van der Waals surface area contributed by atoms with E-state index in [1.165, 1.54) is 5.39 Å². The molecule has 1 heterocycles. The number of rotatable bonds is 3. The molecule has 1 aliphatic carbocycles. The van der Waals surface area contributed by atoms with Gasteiger partial charge in [-0.3, -0.25) is 4.68 Å². The van der Waals surface area contributed by atoms with Gasteiger partial charge in [0, 0.05) is 18.5 Å². The van der Waals surface area contributed by atoms with Crippen molar-refractivity contribution in [3.63, 3.8) is 0 Å². The average Bonchev–Trinajstić information content (AvgIpc) is 2.92. The maximum absolute atomic E-state index is 5.93. The lowest BCUT2D eigenvalue weighted by molar-refractivity contribution is 0.0433. The SMILES string of the molecule is Cn1nc(COC2CCC(N)C2)c2ccccc21. The zero-order chi connectivity index (χ0) is 12.5. The Hall–Kier alpha value is -1.39. The first-order valence-corrected chi connectivity index (χ1v) is 6.52. The number of aryl methyl sites for hydroxylation is 1. The molecule has 1 aromatic heterocycles. The number of para-hydroxylation sites is 1. The third-order valence-corrected chi connectivity index (χ3v) is 3.72. The summed E-state index contributed by atoms with van der Waals surface area (Å²) in [5, 5.41) is 5.71. The van der Waals surface area contributed by atoms with Crippen LogP contribution in [0.2, 0.25) is 0 Å². The predicted molar refractivity (Wildman–Crippen MR) is 71.1 cm³/mol. The molecule has 2 aromatic rings. The Morgan fingerprint density at radius 1 is 1.39 bits per heavy atom. The highest BCUT2D eigenvalue weighted by atomic mass is 16.5. The van der Waals surface area contributed by atoms with Crippen LogP contribution in [0.25, 0.3) is 10.9 Å². The standard InChI is InChI=1S/C14H19N3O/c1-17-14-5-3-2-4-12(14)13(16-17)9-18-11-7-6-10(15)8-11/h2-5,10-11H,6-9,15H2,1H3. The zero-order valence-electron chi connectivity index (χ0n) is 10.7. The lowest BCUT2D eigenvalue weighted by Gasteiger charge is -2.10. The van der Waals surface area contributed by atoms with Gasteiger partial charge in [-0.2, -0.15) is 5.10 Å². The first-order valence-electron chi connectivity index (χ1n) is 6.52. The molecule has 2 atom stereocenters. The molecule has 2 unspecified atom stereocenters. The fourth-order valence-corrected chi connectivity index (χ4v) is 2.72. The molecule has 0 radical (unpaired) electrons. The van der Waals surface area contributed by atoms with Crippen LogP contribution in [0.5, 0.6) is 0 Å². The molecule has 0 aliphatic heterocycles. The summed E-state index contributed by atoms with van der Waals surface area (Å²) in [6.07, 6.45) is 3.44. The maximum atomic E-state index is 5.93. The molecule has 4 nitrogen and oxygen atoms in total. The second-order valence-electron chi connectivity index (χ2n) is 5.09. The van der Waals surface area contributed by atoms with Gasteiger partial charge in [0.1, 0.15) is 0 Å². The van der Waals surface area contributed by atoms with Gasteiger partial charge < -0.3 is 10.5 Å². The minimum atomic E-state index is 0.306. The summed E-state index contributed by atoms with van der Waals surface area (Å²) in [6, 6.07) is 8.57. The molecule has 0 spiro atoms. The van der Waals surface area contributed by atoms with Gasteiger partial charge in [0.25, 0.3) is 0 Å². The summed E-state index contributed by atoms with van der Waals surface area (Å²) in [5.41, 5.74) is 8.06. The number of aromatic nitrogens is 2. The van der Waals surface area contributed by atoms with Crippen molar-refractivity contribution in [2.24, 2.45) is 12.8 Å². The molecule has 1 fully saturated rings. The Morgan fingerprint density at radius 3 is 3.00 bits per heavy atom. The molecule has 0 amide bonds. The fraction of sp³-hybridized carbons (Fsp3) is 0.500. The molecule has 96 valence electrons. The van der Waals surface area contributed by atoms with Crippen molar-refractivity contribution in [2.45, 2.75) is 38.0 Å². The van der Waals surface area contributed by atoms with Gasteiger partial charge in [-0.05, 0) is 25.3 Å². The van der Waals surface area contributed by atoms with Gasteiger partial charge in [0.15, 0.2) is 0 Å². The minimum Gasteiger partial charge on any atom is -0.372 e. The van der Waals surface area contributed by atoms with E-state index in [2.05, 4.69) is 17.2 Å². The summed E-state index contributed by atoms with van der Waals surface area (Å²) in [4.78, 5) is 0. The highest BCUT2D eigenvalue weighted by molar-refractivity contribution is 5.81. The van der Waals surface area contributed by atoms with Gasteiger partial charge >= 0.3 is 0 Å². The van der Waals surface area contributed by atoms with Crippen LogP contribution in [0.3, 0.4) is 0 Å². The maximum Gasteiger partial charge on any atom is 0.0960 e. The van der Waals surface area contributed by atoms with E-state index >= 15 is 0 Å². The molecule has 1 saturated carbocycles. The smallest absolute Gasteiger partial charge is 0.0960 e. The minimum absolute atomic E-state index is 0.306. The number of nitrogens with zero attached hydrogens (tertiary/aromatic N) is 2. The number of ether oxygens (including phenoxy) is 1. The van der Waals surface area contributed by atoms with E-state index in [-0.39, 0.29) is 0 Å². The average molecular weight is 245 g/mol. The van der Waals surface area contributed by atoms with E-state index in [1.807, 2.05) is 23.9 Å². The van der Waals surface area contributed by atoms with Crippen LogP contribution in [0.4, 0.5) is 0 Å². The van der Waals surface area contributed by atoms with Crippen molar-refractivity contribution < 1.29 is 4.74 Å². The van der Waals surface area contributed by atoms with Crippen molar-refractivity contribution >= 4 is 10.9 Å². The third-order valence-electron chi connectivity index (χ3n) is 3.72. The van der Waals surface area contributed by atoms with E-state index in [0.29, 0.717) is 18.8 Å². The molecular weight excluding hydrogens is 226 g/mol. The second-order valence-corrected chi connectivity index (χ2v) is 5.09. The second kappa shape index (κ2) is 4.71. The Labute approximate surface area is 107 Å². The Kier molecular flexibility index (Phi) is 3.06. The summed E-state index contributed by atoms with van der Waals surface area (Å²) in [6.45, 7) is 0.582. The van der Waals surface area contributed by atoms with Crippen LogP contribution in [0, 0.1) is 0 Å². The van der Waals surface area contributed by atoms with E-state index < -0.39 is 0 Å². The van der Waals surface area contributed by atoms with Gasteiger partial charge in [0.2, 0.25) is 0 Å². The van der Waals surface area contributed by atoms with Crippen LogP contribution >= 0.6 is 0 Å². The zero-order valence-corrected chi connectivity index (χ0v) is 10.7. The quantitative estimate of drug-likeness (QED) is 0.899. The number of hydrogen-bond acceptors (Lipinski definition) is 3. The Bertz CT molecular complexity index is 549. The van der Waals surface area contributed by atoms with Gasteiger partial charge in [-0.25, -0.2) is 0 Å². The van der Waals surface area contributed by atoms with E-state index in [0.717, 1.165) is 30.5 Å². The van der Waals surface area contributed by atoms with Crippen molar-refractivity contribution in [3.05, 3.63) is 30.0 Å². The van der Waals surface area contributed by atoms with Crippen LogP contribution < -0.4 is 5.73 Å². The predicted octanol–water partition coefficient (Wildman–Crippen LogP) is 1.97. The lowest BCUT2D eigenvalue weighted by atomic mass is 10.2. The summed E-state index contributed by atoms with van der Waals surface area (Å²) < 4.78 is 7.84. The van der Waals surface area contributed by atoms with Crippen LogP contribution in [0.15, 0.2) is 24.3 Å². The van der Waals surface area contributed by atoms with Crippen molar-refractivity contribution in [3.8, 4) is 0 Å². The van der Waals surface area contributed by atoms with Crippen LogP contribution in [-0.4, -0.2) is 21.9 Å². The summed E-state index contributed by atoms with van der Waals surface area (Å²) >= 11 is 0. The molecule has 0 saturated heterocycles. The van der Waals surface area contributed by atoms with E-state index in [9.17, 15) is 0 Å². The molecule has 4 heteroatoms. The van der Waals surface area contributed by atoms with Crippen molar-refractivity contribution in [2.75, 3.05) is 0 Å². The van der Waals surface area contributed by atoms with Crippen molar-refractivity contribution in [1.82, 2.24) is 9.78 Å². The monoisotopic (exact) mass is 245 g/mol. The van der Waals surface area contributed by atoms with Crippen molar-refractivity contribution in [1.29, 1.82) is 0 Å². The van der Waals surface area contributed by atoms with Gasteiger partial charge in [0.05, 0.1) is 23.9 Å². The normalized spacial score (nSPS) is 23.9. The first kappa shape index (κ1) is 11.7. The topological polar surface area (TPSA) is 53.1 Å². The highest BCUT2D eigenvalue weighted by Crippen LogP contribution is 2.23. The number of nitrogens with two attached hydrogens (primary N) is 1. The third kappa shape index (κ3) is 2.13. The Balaban J connectivity index is 1.75. The molecular formula is C14H19N3O. The van der Waals surface area contributed by atoms with Gasteiger partial charge in [-0.15, -0.1) is 0 Å². The number of hydrogen-bond donors (Lipinski definition) is 1. The summed E-state index contributed by atoms with van der Waals surface area (Å²) in [7, 11) is 1.97. The Morgan fingerprint density at radius 2 is 2.22 bits per heavy atom. The molecule has 18 heavy (non-hydrogen) atoms. The first-order chi connectivity index (χ1) is 8.74. The van der Waals surface area contributed by atoms with Gasteiger partial charge in [-0.1, -0.05) is 18.2 Å². The highest BCUT2D eigenvalue weighted by Gasteiger charge is 2.22. The molecule has 2 N–H and O–H groups in total. The molecule has 1 aliphatic rings. The van der Waals surface area contributed by atoms with Crippen LogP contribution in [-0.2, 0) is 18.4 Å². The number of benzene rings is 1. The largest absolute Gasteiger partial charge is 0.372 e. The summed E-state index contributed by atoms with van der Waals surface area (Å²) in [5.74, 6) is 0. The molecule has 0 bridgehead atoms. The molecule has 3 rings (SSSR count). The lowest BCUT2D eigenvalue weighted by Crippen LogP contribution is -2.17. The molecule has 1 aromatic carbocycles. The fourth-order valence-electron chi connectivity index (χ4n) is 2.72. The number of fused-ring (bicyclic) bond motifs is 1. The van der Waals surface area contributed by atoms with E-state index in [1.54, 1.807) is 0 Å².